The molecule has 0 N–H and O–H groups in total. The second-order valence-corrected chi connectivity index (χ2v) is 13.6. The molecule has 0 spiro atoms. The lowest BCUT2D eigenvalue weighted by Crippen LogP contribution is -2.53. The largest absolute Gasteiger partial charge is 0.493 e. The lowest BCUT2D eigenvalue weighted by molar-refractivity contribution is -0.135. The van der Waals surface area contributed by atoms with Crippen molar-refractivity contribution in [2.24, 2.45) is 5.92 Å². The Balaban J connectivity index is 1.25. The first-order valence-corrected chi connectivity index (χ1v) is 16.9. The lowest BCUT2D eigenvalue weighted by atomic mass is 9.84. The molecule has 3 aromatic rings. The minimum Gasteiger partial charge on any atom is -0.493 e. The molecule has 1 aliphatic carbocycles. The predicted octanol–water partition coefficient (Wildman–Crippen LogP) is 5.98. The van der Waals surface area contributed by atoms with Gasteiger partial charge in [-0.2, -0.15) is 0 Å². The Labute approximate surface area is 287 Å². The van der Waals surface area contributed by atoms with E-state index in [1.165, 1.54) is 4.90 Å². The molecule has 2 aromatic carbocycles. The highest BCUT2D eigenvalue weighted by Crippen LogP contribution is 2.44. The topological polar surface area (TPSA) is 78.5 Å². The van der Waals surface area contributed by atoms with Gasteiger partial charge in [-0.15, -0.1) is 0 Å². The van der Waals surface area contributed by atoms with Crippen molar-refractivity contribution in [1.82, 2.24) is 14.8 Å². The first-order valence-electron chi connectivity index (χ1n) is 18.0. The third-order valence-electron chi connectivity index (χ3n) is 9.68. The van der Waals surface area contributed by atoms with Crippen molar-refractivity contribution >= 4 is 34.9 Å². The van der Waals surface area contributed by atoms with Crippen LogP contribution in [0.5, 0.6) is 11.5 Å². The van der Waals surface area contributed by atoms with E-state index in [-0.39, 0.29) is 30.3 Å². The Morgan fingerprint density at radius 3 is 2.43 bits per heavy atom. The molecule has 3 aliphatic rings. The third kappa shape index (κ3) is 7.21. The van der Waals surface area contributed by atoms with E-state index < -0.39 is 13.0 Å². The van der Waals surface area contributed by atoms with E-state index in [2.05, 4.69) is 9.88 Å². The highest BCUT2D eigenvalue weighted by molar-refractivity contribution is 6.30. The Bertz CT molecular complexity index is 1680. The molecular formula is C37H46ClN5O4. The number of anilines is 2. The van der Waals surface area contributed by atoms with E-state index in [4.69, 9.17) is 25.2 Å². The molecule has 9 nitrogen and oxygen atoms in total. The number of aromatic nitrogens is 1. The van der Waals surface area contributed by atoms with Gasteiger partial charge >= 0.3 is 0 Å². The molecule has 2 fully saturated rings. The van der Waals surface area contributed by atoms with Crippen LogP contribution >= 0.6 is 11.6 Å². The van der Waals surface area contributed by atoms with Crippen LogP contribution in [0, 0.1) is 5.92 Å². The Morgan fingerprint density at radius 2 is 1.79 bits per heavy atom. The SMILES string of the molecule is [2H]C([2H])([2H])N(C[C@H]1CC[C@H](N2CCN(C)C(=O)C2)CC1)c1ccc(N2C(=O)Cc3cc(OC)c(OC(C)C)cc3[C@@H]2c2ccc(Cl)cc2)cn1. The highest BCUT2D eigenvalue weighted by Gasteiger charge is 2.37. The van der Waals surface area contributed by atoms with Crippen molar-refractivity contribution in [2.45, 2.75) is 64.1 Å². The number of amides is 2. The molecule has 0 radical (unpaired) electrons. The average Bonchev–Trinajstić information content (AvgIpc) is 3.08. The highest BCUT2D eigenvalue weighted by atomic mass is 35.5. The molecule has 10 heteroatoms. The molecule has 0 bridgehead atoms. The van der Waals surface area contributed by atoms with E-state index in [9.17, 15) is 9.59 Å². The summed E-state index contributed by atoms with van der Waals surface area (Å²) < 4.78 is 36.9. The minimum atomic E-state index is -2.40. The zero-order chi connectivity index (χ0) is 35.7. The molecule has 3 heterocycles. The van der Waals surface area contributed by atoms with Crippen LogP contribution in [0.1, 0.15) is 66.4 Å². The summed E-state index contributed by atoms with van der Waals surface area (Å²) in [5.74, 6) is 1.70. The number of fused-ring (bicyclic) bond motifs is 1. The number of piperazine rings is 1. The molecule has 1 saturated carbocycles. The molecule has 1 atom stereocenters. The summed E-state index contributed by atoms with van der Waals surface area (Å²) in [6, 6.07) is 14.6. The fraction of sp³-hybridized carbons (Fsp3) is 0.486. The molecule has 2 amide bonds. The van der Waals surface area contributed by atoms with Gasteiger partial charge in [0.05, 0.1) is 44.1 Å². The molecule has 250 valence electrons. The zero-order valence-corrected chi connectivity index (χ0v) is 28.4. The summed E-state index contributed by atoms with van der Waals surface area (Å²) >= 11 is 6.27. The van der Waals surface area contributed by atoms with E-state index in [0.717, 1.165) is 55.5 Å². The normalized spacial score (nSPS) is 23.2. The van der Waals surface area contributed by atoms with Crippen LogP contribution in [0.25, 0.3) is 0 Å². The van der Waals surface area contributed by atoms with E-state index in [0.29, 0.717) is 47.2 Å². The van der Waals surface area contributed by atoms with Crippen LogP contribution in [0.2, 0.25) is 5.02 Å². The van der Waals surface area contributed by atoms with Crippen molar-refractivity contribution < 1.29 is 23.2 Å². The number of hydrogen-bond acceptors (Lipinski definition) is 7. The van der Waals surface area contributed by atoms with Crippen molar-refractivity contribution in [1.29, 1.82) is 0 Å². The summed E-state index contributed by atoms with van der Waals surface area (Å²) in [6.07, 6.45) is 5.28. The van der Waals surface area contributed by atoms with Gasteiger partial charge in [-0.1, -0.05) is 23.7 Å². The van der Waals surface area contributed by atoms with Gasteiger partial charge in [-0.3, -0.25) is 19.4 Å². The summed E-state index contributed by atoms with van der Waals surface area (Å²) in [7, 11) is 3.43. The first-order chi connectivity index (χ1) is 23.8. The van der Waals surface area contributed by atoms with Crippen LogP contribution in [0.4, 0.5) is 11.5 Å². The van der Waals surface area contributed by atoms with Crippen LogP contribution in [-0.2, 0) is 16.0 Å². The number of ether oxygens (including phenoxy) is 2. The number of hydrogen-bond donors (Lipinski definition) is 0. The van der Waals surface area contributed by atoms with Gasteiger partial charge in [-0.05, 0) is 98.5 Å². The number of methoxy groups -OCH3 is 1. The molecule has 0 unspecified atom stereocenters. The summed E-state index contributed by atoms with van der Waals surface area (Å²) in [4.78, 5) is 38.1. The zero-order valence-electron chi connectivity index (χ0n) is 30.6. The van der Waals surface area contributed by atoms with Gasteiger partial charge in [0.15, 0.2) is 11.5 Å². The number of carbonyl (C=O) groups excluding carboxylic acids is 2. The quantitative estimate of drug-likeness (QED) is 0.279. The van der Waals surface area contributed by atoms with Gasteiger partial charge < -0.3 is 19.3 Å². The molecule has 47 heavy (non-hydrogen) atoms. The summed E-state index contributed by atoms with van der Waals surface area (Å²) in [5, 5.41) is 0.583. The maximum atomic E-state index is 14.0. The lowest BCUT2D eigenvalue weighted by Gasteiger charge is -2.41. The maximum Gasteiger partial charge on any atom is 0.236 e. The molecule has 6 rings (SSSR count). The minimum absolute atomic E-state index is 0.0900. The van der Waals surface area contributed by atoms with Gasteiger partial charge in [0, 0.05) is 48.8 Å². The summed E-state index contributed by atoms with van der Waals surface area (Å²) in [5.41, 5.74) is 3.15. The van der Waals surface area contributed by atoms with Crippen LogP contribution in [0.3, 0.4) is 0 Å². The fourth-order valence-corrected chi connectivity index (χ4v) is 7.27. The van der Waals surface area contributed by atoms with Crippen LogP contribution in [-0.4, -0.2) is 86.1 Å². The van der Waals surface area contributed by atoms with E-state index in [1.54, 1.807) is 47.4 Å². The monoisotopic (exact) mass is 662 g/mol. The number of pyridine rings is 1. The maximum absolute atomic E-state index is 14.0. The van der Waals surface area contributed by atoms with Gasteiger partial charge in [-0.25, -0.2) is 4.98 Å². The Kier molecular flexibility index (Phi) is 8.81. The number of carbonyl (C=O) groups is 2. The second kappa shape index (κ2) is 14.1. The Hall–Kier alpha value is -3.82. The molecular weight excluding hydrogens is 614 g/mol. The van der Waals surface area contributed by atoms with Crippen LogP contribution in [0.15, 0.2) is 54.7 Å². The number of benzene rings is 2. The van der Waals surface area contributed by atoms with Crippen LogP contribution < -0.4 is 19.3 Å². The van der Waals surface area contributed by atoms with Crippen molar-refractivity contribution in [3.8, 4) is 11.5 Å². The fourth-order valence-electron chi connectivity index (χ4n) is 7.14. The number of rotatable bonds is 9. The molecule has 1 saturated heterocycles. The van der Waals surface area contributed by atoms with Crippen molar-refractivity contribution in [3.63, 3.8) is 0 Å². The number of nitrogens with zero attached hydrogens (tertiary/aromatic N) is 5. The smallest absolute Gasteiger partial charge is 0.236 e. The summed E-state index contributed by atoms with van der Waals surface area (Å²) in [6.45, 7) is 3.92. The second-order valence-electron chi connectivity index (χ2n) is 13.2. The standard InChI is InChI=1S/C37H46ClN5O4/c1-24(2)47-33-20-31-27(18-32(33)46-5)19-35(44)43(37(31)26-8-10-28(38)11-9-26)30-14-15-34(39-21-30)41(4)22-25-6-12-29(13-7-25)42-17-16-40(3)36(45)23-42/h8-11,14-15,18,20-21,24-25,29,37H,6-7,12-13,16-17,19,22-23H2,1-5H3/t25-,29-,37-/m0/s1/i4D3. The predicted molar refractivity (Wildman–Crippen MR) is 186 cm³/mol. The van der Waals surface area contributed by atoms with Gasteiger partial charge in [0.25, 0.3) is 0 Å². The van der Waals surface area contributed by atoms with Gasteiger partial charge in [0.1, 0.15) is 5.82 Å². The number of halogens is 1. The van der Waals surface area contributed by atoms with Crippen molar-refractivity contribution in [3.05, 3.63) is 76.4 Å². The molecule has 2 aliphatic heterocycles. The van der Waals surface area contributed by atoms with Gasteiger partial charge in [0.2, 0.25) is 11.8 Å². The third-order valence-corrected chi connectivity index (χ3v) is 9.94. The van der Waals surface area contributed by atoms with E-state index in [1.807, 2.05) is 45.2 Å². The Morgan fingerprint density at radius 1 is 1.02 bits per heavy atom. The molecule has 1 aromatic heterocycles. The van der Waals surface area contributed by atoms with E-state index >= 15 is 0 Å². The van der Waals surface area contributed by atoms with Crippen molar-refractivity contribution in [2.75, 3.05) is 57.1 Å². The average molecular weight is 663 g/mol. The number of likely N-dealkylation sites (N-methyl/N-ethyl adjacent to an activating group) is 1. The first kappa shape index (κ1) is 29.3.